The molecular formula is C23H25F2N5O2. The van der Waals surface area contributed by atoms with Crippen LogP contribution in [-0.4, -0.2) is 53.1 Å². The number of rotatable bonds is 6. The van der Waals surface area contributed by atoms with E-state index in [1.165, 1.54) is 25.4 Å². The molecular weight excluding hydrogens is 416 g/mol. The molecule has 0 aromatic carbocycles. The summed E-state index contributed by atoms with van der Waals surface area (Å²) >= 11 is 0. The molecule has 2 aliphatic heterocycles. The molecule has 0 saturated carbocycles. The Balaban J connectivity index is 1.41. The minimum Gasteiger partial charge on any atom is -0.481 e. The van der Waals surface area contributed by atoms with Gasteiger partial charge < -0.3 is 14.5 Å². The molecule has 2 fully saturated rings. The highest BCUT2D eigenvalue weighted by Gasteiger charge is 2.46. The molecule has 4 heterocycles. The Bertz CT molecular complexity index is 1020. The van der Waals surface area contributed by atoms with Gasteiger partial charge in [-0.15, -0.1) is 0 Å². The van der Waals surface area contributed by atoms with E-state index >= 15 is 0 Å². The lowest BCUT2D eigenvalue weighted by atomic mass is 10.0. The predicted molar refractivity (Wildman–Crippen MR) is 113 cm³/mol. The third-order valence-electron chi connectivity index (χ3n) is 6.40. The highest BCUT2D eigenvalue weighted by atomic mass is 19.3. The number of ether oxygens (including phenoxy) is 1. The number of likely N-dealkylation sites (tertiary alicyclic amines) is 1. The molecule has 3 atom stereocenters. The van der Waals surface area contributed by atoms with Gasteiger partial charge in [0, 0.05) is 56.0 Å². The highest BCUT2D eigenvalue weighted by Crippen LogP contribution is 2.39. The van der Waals surface area contributed by atoms with E-state index in [1.807, 2.05) is 6.07 Å². The largest absolute Gasteiger partial charge is 0.481 e. The number of piperazine rings is 1. The number of carbonyl (C=O) groups excluding carboxylic acids is 1. The van der Waals surface area contributed by atoms with Crippen LogP contribution in [-0.2, 0) is 10.7 Å². The van der Waals surface area contributed by atoms with Crippen molar-refractivity contribution in [2.75, 3.05) is 25.1 Å². The van der Waals surface area contributed by atoms with Crippen LogP contribution in [0.4, 0.5) is 14.6 Å². The van der Waals surface area contributed by atoms with Crippen LogP contribution in [0.25, 0.3) is 0 Å². The van der Waals surface area contributed by atoms with Crippen LogP contribution in [0, 0.1) is 17.2 Å². The fourth-order valence-electron chi connectivity index (χ4n) is 4.71. The number of carbonyl (C=O) groups is 1. The van der Waals surface area contributed by atoms with Crippen LogP contribution >= 0.6 is 0 Å². The molecule has 1 amide bonds. The third-order valence-corrected chi connectivity index (χ3v) is 6.40. The first kappa shape index (κ1) is 21.9. The van der Waals surface area contributed by atoms with Crippen molar-refractivity contribution in [2.45, 2.75) is 44.2 Å². The van der Waals surface area contributed by atoms with Gasteiger partial charge in [0.25, 0.3) is 5.92 Å². The molecule has 2 saturated heterocycles. The summed E-state index contributed by atoms with van der Waals surface area (Å²) in [5, 5.41) is 8.99. The Hall–Kier alpha value is -3.28. The minimum atomic E-state index is -3.15. The lowest BCUT2D eigenvalue weighted by Crippen LogP contribution is -2.56. The van der Waals surface area contributed by atoms with Crippen molar-refractivity contribution in [2.24, 2.45) is 5.92 Å². The number of hydrogen-bond acceptors (Lipinski definition) is 6. The quantitative estimate of drug-likeness (QED) is 0.684. The number of nitriles is 1. The summed E-state index contributed by atoms with van der Waals surface area (Å²) in [6.07, 6.45) is 2.93. The van der Waals surface area contributed by atoms with Gasteiger partial charge in [0.2, 0.25) is 11.8 Å². The SMILES string of the molecule is COc1cc(C(F)(F)CCC(=O)N2CC3C[C@@H](C)C(C2)N3c2ccc(C#N)cn2)ccn1. The molecule has 2 aromatic heterocycles. The maximum atomic E-state index is 14.7. The van der Waals surface area contributed by atoms with Crippen LogP contribution in [0.5, 0.6) is 5.88 Å². The molecule has 4 rings (SSSR count). The molecule has 0 spiro atoms. The van der Waals surface area contributed by atoms with Gasteiger partial charge in [-0.25, -0.2) is 18.7 Å². The number of nitrogens with zero attached hydrogens (tertiary/aromatic N) is 5. The van der Waals surface area contributed by atoms with E-state index in [9.17, 15) is 13.6 Å². The van der Waals surface area contributed by atoms with Crippen LogP contribution in [0.15, 0.2) is 36.7 Å². The molecule has 0 N–H and O–H groups in total. The van der Waals surface area contributed by atoms with E-state index in [0.29, 0.717) is 24.6 Å². The molecule has 32 heavy (non-hydrogen) atoms. The number of hydrogen-bond donors (Lipinski definition) is 0. The molecule has 168 valence electrons. The average molecular weight is 441 g/mol. The zero-order chi connectivity index (χ0) is 22.9. The van der Waals surface area contributed by atoms with Crippen molar-refractivity contribution >= 4 is 11.7 Å². The molecule has 9 heteroatoms. The second-order valence-electron chi connectivity index (χ2n) is 8.45. The maximum absolute atomic E-state index is 14.7. The summed E-state index contributed by atoms with van der Waals surface area (Å²) in [6.45, 7) is 3.10. The third kappa shape index (κ3) is 4.22. The van der Waals surface area contributed by atoms with Crippen LogP contribution in [0.3, 0.4) is 0 Å². The fourth-order valence-corrected chi connectivity index (χ4v) is 4.71. The Morgan fingerprint density at radius 3 is 2.78 bits per heavy atom. The first-order valence-corrected chi connectivity index (χ1v) is 10.6. The minimum absolute atomic E-state index is 0.0723. The van der Waals surface area contributed by atoms with Gasteiger partial charge in [0.1, 0.15) is 11.9 Å². The normalized spacial score (nSPS) is 22.5. The van der Waals surface area contributed by atoms with Gasteiger partial charge in [0.05, 0.1) is 18.7 Å². The number of fused-ring (bicyclic) bond motifs is 2. The molecule has 0 radical (unpaired) electrons. The average Bonchev–Trinajstić information content (AvgIpc) is 3.01. The Morgan fingerprint density at radius 2 is 2.12 bits per heavy atom. The van der Waals surface area contributed by atoms with E-state index in [1.54, 1.807) is 17.2 Å². The number of anilines is 1. The second-order valence-corrected chi connectivity index (χ2v) is 8.45. The summed E-state index contributed by atoms with van der Waals surface area (Å²) in [5.74, 6) is -2.16. The summed E-state index contributed by atoms with van der Waals surface area (Å²) < 4.78 is 34.3. The topological polar surface area (TPSA) is 82.4 Å². The van der Waals surface area contributed by atoms with E-state index in [0.717, 1.165) is 12.2 Å². The van der Waals surface area contributed by atoms with Gasteiger partial charge in [-0.05, 0) is 30.5 Å². The number of alkyl halides is 2. The lowest BCUT2D eigenvalue weighted by molar-refractivity contribution is -0.134. The van der Waals surface area contributed by atoms with Gasteiger partial charge in [0.15, 0.2) is 0 Å². The van der Waals surface area contributed by atoms with Crippen molar-refractivity contribution in [1.82, 2.24) is 14.9 Å². The molecule has 7 nitrogen and oxygen atoms in total. The summed E-state index contributed by atoms with van der Waals surface area (Å²) in [7, 11) is 1.37. The van der Waals surface area contributed by atoms with Gasteiger partial charge in [-0.2, -0.15) is 5.26 Å². The van der Waals surface area contributed by atoms with Crippen LogP contribution in [0.2, 0.25) is 0 Å². The zero-order valence-electron chi connectivity index (χ0n) is 18.0. The highest BCUT2D eigenvalue weighted by molar-refractivity contribution is 5.77. The van der Waals surface area contributed by atoms with Crippen molar-refractivity contribution in [3.05, 3.63) is 47.8 Å². The first-order chi connectivity index (χ1) is 15.3. The van der Waals surface area contributed by atoms with Crippen LogP contribution < -0.4 is 9.64 Å². The number of methoxy groups -OCH3 is 1. The lowest BCUT2D eigenvalue weighted by Gasteiger charge is -2.42. The van der Waals surface area contributed by atoms with Crippen molar-refractivity contribution < 1.29 is 18.3 Å². The van der Waals surface area contributed by atoms with E-state index in [-0.39, 0.29) is 35.9 Å². The van der Waals surface area contributed by atoms with Crippen LogP contribution in [0.1, 0.15) is 37.3 Å². The molecule has 0 aliphatic carbocycles. The standard InChI is InChI=1S/C23H25F2N5O2/c1-15-9-18-13-29(14-19(15)30(18)20-4-3-16(11-26)12-28-20)22(31)5-7-23(24,25)17-6-8-27-21(10-17)32-2/h3-4,6,8,10,12,15,18-19H,5,7,9,13-14H2,1-2H3/t15-,18?,19?/m1/s1. The summed E-state index contributed by atoms with van der Waals surface area (Å²) in [4.78, 5) is 25.0. The van der Waals surface area contributed by atoms with E-state index < -0.39 is 12.3 Å². The maximum Gasteiger partial charge on any atom is 0.274 e. The summed E-state index contributed by atoms with van der Waals surface area (Å²) in [5.41, 5.74) is 0.290. The smallest absolute Gasteiger partial charge is 0.274 e. The molecule has 2 aliphatic rings. The van der Waals surface area contributed by atoms with Gasteiger partial charge in [-0.3, -0.25) is 4.79 Å². The number of halogens is 2. The Labute approximate surface area is 185 Å². The summed E-state index contributed by atoms with van der Waals surface area (Å²) in [6, 6.07) is 8.24. The Morgan fingerprint density at radius 1 is 1.31 bits per heavy atom. The molecule has 2 bridgehead atoms. The molecule has 2 unspecified atom stereocenters. The van der Waals surface area contributed by atoms with Crippen molar-refractivity contribution in [3.8, 4) is 11.9 Å². The number of pyridine rings is 2. The zero-order valence-corrected chi connectivity index (χ0v) is 18.0. The van der Waals surface area contributed by atoms with Crippen molar-refractivity contribution in [1.29, 1.82) is 5.26 Å². The second kappa shape index (κ2) is 8.69. The Kier molecular flexibility index (Phi) is 5.96. The first-order valence-electron chi connectivity index (χ1n) is 10.6. The van der Waals surface area contributed by atoms with Crippen molar-refractivity contribution in [3.63, 3.8) is 0 Å². The predicted octanol–water partition coefficient (Wildman–Crippen LogP) is 3.35. The van der Waals surface area contributed by atoms with E-state index in [2.05, 4.69) is 27.9 Å². The molecule has 2 aromatic rings. The number of aromatic nitrogens is 2. The monoisotopic (exact) mass is 441 g/mol. The fraction of sp³-hybridized carbons (Fsp3) is 0.478. The van der Waals surface area contributed by atoms with Gasteiger partial charge in [-0.1, -0.05) is 6.92 Å². The number of amides is 1. The van der Waals surface area contributed by atoms with E-state index in [4.69, 9.17) is 10.00 Å². The van der Waals surface area contributed by atoms with Gasteiger partial charge >= 0.3 is 0 Å².